The second kappa shape index (κ2) is 7.88. The smallest absolute Gasteiger partial charge is 0.408 e. The number of nitrogens with one attached hydrogen (secondary N) is 1. The molecule has 29 heavy (non-hydrogen) atoms. The summed E-state index contributed by atoms with van der Waals surface area (Å²) in [4.78, 5) is 37.4. The van der Waals surface area contributed by atoms with Crippen LogP contribution < -0.4 is 11.1 Å². The minimum Gasteiger partial charge on any atom is -0.408 e. The number of hydrogen-bond donors (Lipinski definition) is 1. The molecule has 0 spiro atoms. The summed E-state index contributed by atoms with van der Waals surface area (Å²) in [6, 6.07) is 13.3. The Kier molecular flexibility index (Phi) is 5.13. The number of nitro groups is 1. The zero-order valence-corrected chi connectivity index (χ0v) is 15.6. The first-order valence-corrected chi connectivity index (χ1v) is 9.37. The maximum Gasteiger partial charge on any atom is 0.421 e. The van der Waals surface area contributed by atoms with E-state index in [9.17, 15) is 19.7 Å². The molecule has 1 fully saturated rings. The summed E-state index contributed by atoms with van der Waals surface area (Å²) in [5, 5.41) is 14.0. The Balaban J connectivity index is 1.50. The fourth-order valence-corrected chi connectivity index (χ4v) is 3.66. The number of likely N-dealkylation sites (tertiary alicyclic amines) is 1. The average molecular weight is 396 g/mol. The van der Waals surface area contributed by atoms with Gasteiger partial charge in [0.05, 0.1) is 23.0 Å². The standard InChI is InChI=1S/C20H20N4O5/c25-19(21-15-6-2-1-3-7-15)14-5-4-10-22(12-14)13-23-17-11-16(24(27)28)8-9-18(17)29-20(23)26/h1-3,6-9,11,14H,4-5,10,12-13H2,(H,21,25)/t14-/m1/s1. The average Bonchev–Trinajstić information content (AvgIpc) is 3.03. The van der Waals surface area contributed by atoms with Crippen molar-refractivity contribution < 1.29 is 14.1 Å². The van der Waals surface area contributed by atoms with E-state index in [0.717, 1.165) is 25.1 Å². The number of nitro benzene ring substituents is 1. The van der Waals surface area contributed by atoms with Crippen LogP contribution in [-0.4, -0.2) is 33.4 Å². The fourth-order valence-electron chi connectivity index (χ4n) is 3.66. The molecule has 2 heterocycles. The van der Waals surface area contributed by atoms with Gasteiger partial charge in [-0.3, -0.25) is 24.4 Å². The Bertz CT molecular complexity index is 1110. The number of oxazole rings is 1. The molecule has 9 nitrogen and oxygen atoms in total. The molecule has 0 aliphatic carbocycles. The van der Waals surface area contributed by atoms with Gasteiger partial charge in [-0.25, -0.2) is 4.79 Å². The van der Waals surface area contributed by atoms with Crippen LogP contribution in [0.15, 0.2) is 57.7 Å². The highest BCUT2D eigenvalue weighted by Crippen LogP contribution is 2.23. The summed E-state index contributed by atoms with van der Waals surface area (Å²) >= 11 is 0. The highest BCUT2D eigenvalue weighted by molar-refractivity contribution is 5.92. The topological polar surface area (TPSA) is 111 Å². The number of aromatic nitrogens is 1. The molecule has 1 amide bonds. The van der Waals surface area contributed by atoms with Crippen molar-refractivity contribution in [2.75, 3.05) is 18.4 Å². The molecule has 1 aliphatic rings. The lowest BCUT2D eigenvalue weighted by atomic mass is 9.97. The van der Waals surface area contributed by atoms with Crippen LogP contribution >= 0.6 is 0 Å². The van der Waals surface area contributed by atoms with Gasteiger partial charge in [0, 0.05) is 24.4 Å². The molecule has 4 rings (SSSR count). The molecule has 1 saturated heterocycles. The number of non-ortho nitro benzene ring substituents is 1. The lowest BCUT2D eigenvalue weighted by molar-refractivity contribution is -0.384. The van der Waals surface area contributed by atoms with E-state index >= 15 is 0 Å². The van der Waals surface area contributed by atoms with Crippen molar-refractivity contribution in [1.82, 2.24) is 9.47 Å². The first kappa shape index (κ1) is 18.9. The van der Waals surface area contributed by atoms with Crippen molar-refractivity contribution in [3.8, 4) is 0 Å². The van der Waals surface area contributed by atoms with Gasteiger partial charge in [-0.05, 0) is 37.6 Å². The Labute approximate surface area is 165 Å². The molecule has 0 unspecified atom stereocenters. The number of amides is 1. The van der Waals surface area contributed by atoms with Crippen LogP contribution in [0, 0.1) is 16.0 Å². The van der Waals surface area contributed by atoms with E-state index in [1.165, 1.54) is 22.8 Å². The van der Waals surface area contributed by atoms with Gasteiger partial charge in [-0.2, -0.15) is 0 Å². The molecule has 150 valence electrons. The van der Waals surface area contributed by atoms with E-state index in [0.29, 0.717) is 17.6 Å². The van der Waals surface area contributed by atoms with E-state index in [-0.39, 0.29) is 24.2 Å². The molecule has 9 heteroatoms. The van der Waals surface area contributed by atoms with E-state index in [1.807, 2.05) is 35.2 Å². The number of piperidine rings is 1. The van der Waals surface area contributed by atoms with Gasteiger partial charge < -0.3 is 9.73 Å². The highest BCUT2D eigenvalue weighted by Gasteiger charge is 2.27. The summed E-state index contributed by atoms with van der Waals surface area (Å²) in [5.41, 5.74) is 1.32. The minimum atomic E-state index is -0.573. The predicted molar refractivity (Wildman–Crippen MR) is 106 cm³/mol. The maximum atomic E-state index is 12.6. The SMILES string of the molecule is O=C(Nc1ccccc1)[C@@H]1CCCN(Cn2c(=O)oc3ccc([N+](=O)[O-])cc32)C1. The van der Waals surface area contributed by atoms with Crippen LogP contribution in [0.3, 0.4) is 0 Å². The van der Waals surface area contributed by atoms with Crippen molar-refractivity contribution in [2.24, 2.45) is 5.92 Å². The quantitative estimate of drug-likeness (QED) is 0.524. The summed E-state index contributed by atoms with van der Waals surface area (Å²) in [5.74, 6) is -0.829. The van der Waals surface area contributed by atoms with Gasteiger partial charge in [0.15, 0.2) is 5.58 Å². The highest BCUT2D eigenvalue weighted by atomic mass is 16.6. The van der Waals surface area contributed by atoms with Crippen LogP contribution in [-0.2, 0) is 11.5 Å². The van der Waals surface area contributed by atoms with Gasteiger partial charge in [0.1, 0.15) is 0 Å². The molecule has 0 radical (unpaired) electrons. The normalized spacial score (nSPS) is 17.3. The number of carbonyl (C=O) groups excluding carboxylic acids is 1. The summed E-state index contributed by atoms with van der Waals surface area (Å²) in [6.45, 7) is 1.43. The second-order valence-electron chi connectivity index (χ2n) is 7.12. The summed E-state index contributed by atoms with van der Waals surface area (Å²) in [6.07, 6.45) is 1.58. The molecule has 1 N–H and O–H groups in total. The lowest BCUT2D eigenvalue weighted by Gasteiger charge is -2.31. The summed E-state index contributed by atoms with van der Waals surface area (Å²) < 4.78 is 6.58. The number of carbonyl (C=O) groups is 1. The fraction of sp³-hybridized carbons (Fsp3) is 0.300. The van der Waals surface area contributed by atoms with Crippen molar-refractivity contribution in [3.05, 3.63) is 69.2 Å². The number of nitrogens with zero attached hydrogens (tertiary/aromatic N) is 3. The van der Waals surface area contributed by atoms with Crippen LogP contribution in [0.1, 0.15) is 12.8 Å². The molecule has 1 aliphatic heterocycles. The molecule has 1 aromatic heterocycles. The van der Waals surface area contributed by atoms with Gasteiger partial charge >= 0.3 is 5.76 Å². The van der Waals surface area contributed by atoms with E-state index in [4.69, 9.17) is 4.42 Å². The molecule has 2 aromatic carbocycles. The van der Waals surface area contributed by atoms with Crippen molar-refractivity contribution in [2.45, 2.75) is 19.5 Å². The number of rotatable bonds is 5. The van der Waals surface area contributed by atoms with Crippen molar-refractivity contribution in [1.29, 1.82) is 0 Å². The van der Waals surface area contributed by atoms with Gasteiger partial charge in [0.25, 0.3) is 5.69 Å². The Morgan fingerprint density at radius 1 is 1.24 bits per heavy atom. The van der Waals surface area contributed by atoms with Gasteiger partial charge in [-0.15, -0.1) is 0 Å². The number of benzene rings is 2. The first-order chi connectivity index (χ1) is 14.0. The Morgan fingerprint density at radius 3 is 2.79 bits per heavy atom. The number of fused-ring (bicyclic) bond motifs is 1. The predicted octanol–water partition coefficient (Wildman–Crippen LogP) is 2.81. The molecule has 3 aromatic rings. The Hall–Kier alpha value is -3.46. The van der Waals surface area contributed by atoms with Crippen LogP contribution in [0.5, 0.6) is 0 Å². The third-order valence-electron chi connectivity index (χ3n) is 5.12. The number of para-hydroxylation sites is 1. The number of anilines is 1. The van der Waals surface area contributed by atoms with E-state index < -0.39 is 10.7 Å². The van der Waals surface area contributed by atoms with Crippen LogP contribution in [0.2, 0.25) is 0 Å². The molecular weight excluding hydrogens is 376 g/mol. The second-order valence-corrected chi connectivity index (χ2v) is 7.12. The zero-order valence-electron chi connectivity index (χ0n) is 15.6. The largest absolute Gasteiger partial charge is 0.421 e. The monoisotopic (exact) mass is 396 g/mol. The Morgan fingerprint density at radius 2 is 2.03 bits per heavy atom. The summed E-state index contributed by atoms with van der Waals surface area (Å²) in [7, 11) is 0. The number of hydrogen-bond acceptors (Lipinski definition) is 6. The maximum absolute atomic E-state index is 12.6. The first-order valence-electron chi connectivity index (χ1n) is 9.37. The molecule has 1 atom stereocenters. The zero-order chi connectivity index (χ0) is 20.4. The van der Waals surface area contributed by atoms with Crippen molar-refractivity contribution in [3.63, 3.8) is 0 Å². The van der Waals surface area contributed by atoms with Crippen LogP contribution in [0.25, 0.3) is 11.1 Å². The van der Waals surface area contributed by atoms with E-state index in [1.54, 1.807) is 0 Å². The van der Waals surface area contributed by atoms with Crippen LogP contribution in [0.4, 0.5) is 11.4 Å². The molecular formula is C20H20N4O5. The molecule has 0 saturated carbocycles. The van der Waals surface area contributed by atoms with E-state index in [2.05, 4.69) is 5.32 Å². The lowest BCUT2D eigenvalue weighted by Crippen LogP contribution is -2.42. The third-order valence-corrected chi connectivity index (χ3v) is 5.12. The third kappa shape index (κ3) is 4.04. The van der Waals surface area contributed by atoms with Gasteiger partial charge in [-0.1, -0.05) is 18.2 Å². The molecule has 0 bridgehead atoms. The van der Waals surface area contributed by atoms with Crippen molar-refractivity contribution >= 4 is 28.4 Å². The van der Waals surface area contributed by atoms with Gasteiger partial charge in [0.2, 0.25) is 5.91 Å². The minimum absolute atomic E-state index is 0.0547.